The van der Waals surface area contributed by atoms with E-state index in [2.05, 4.69) is 5.32 Å². The van der Waals surface area contributed by atoms with E-state index in [4.69, 9.17) is 14.2 Å². The zero-order chi connectivity index (χ0) is 20.3. The quantitative estimate of drug-likeness (QED) is 0.255. The number of ether oxygens (including phenoxy) is 3. The molecule has 0 bridgehead atoms. The molecule has 1 saturated carbocycles. The van der Waals surface area contributed by atoms with Gasteiger partial charge >= 0.3 is 0 Å². The number of aliphatic hydroxyl groups excluding tert-OH is 4. The predicted octanol–water partition coefficient (Wildman–Crippen LogP) is -2.75. The molecule has 1 radical (unpaired) electrons. The molecule has 0 aromatic heterocycles. The molecule has 4 unspecified atom stereocenters. The molecule has 2 rings (SSSR count). The summed E-state index contributed by atoms with van der Waals surface area (Å²) in [7, 11) is 1.31. The summed E-state index contributed by atoms with van der Waals surface area (Å²) in [6.07, 6.45) is -6.78. The van der Waals surface area contributed by atoms with Crippen LogP contribution in [0.15, 0.2) is 0 Å². The van der Waals surface area contributed by atoms with E-state index >= 15 is 0 Å². The molecule has 159 valence electrons. The summed E-state index contributed by atoms with van der Waals surface area (Å²) in [6, 6.07) is -0.761. The standard InChI is InChI=1S/C17H28NO9.Y/c1-7-12(18-8(2)21)17(14(23)11(6-20)26-7)27-10-4-9(5-19)16(25-3)15(24)13(10)22;/h7,9-17,20,22-24H,4,6H2,1-3H3,(H,18,21);/q-1;/t7-,9+,10-,11?,12?,13?,14-,15?,16+,17+;/m0./s1. The fourth-order valence-corrected chi connectivity index (χ4v) is 3.82. The molecular formula is C17H28NO9Y-. The molecule has 2 aliphatic rings. The van der Waals surface area contributed by atoms with Crippen molar-refractivity contribution in [2.75, 3.05) is 13.7 Å². The first kappa shape index (κ1) is 26.0. The van der Waals surface area contributed by atoms with Crippen LogP contribution in [0.2, 0.25) is 0 Å². The number of amides is 1. The van der Waals surface area contributed by atoms with Crippen molar-refractivity contribution in [2.45, 2.75) is 75.1 Å². The molecule has 1 heterocycles. The third-order valence-corrected chi connectivity index (χ3v) is 5.22. The monoisotopic (exact) mass is 479 g/mol. The molecule has 1 saturated heterocycles. The first-order chi connectivity index (χ1) is 12.7. The van der Waals surface area contributed by atoms with Crippen LogP contribution in [0.4, 0.5) is 0 Å². The van der Waals surface area contributed by atoms with Gasteiger partial charge in [0.25, 0.3) is 0 Å². The fraction of sp³-hybridized carbons (Fsp3) is 0.882. The van der Waals surface area contributed by atoms with Gasteiger partial charge in [-0.25, -0.2) is 0 Å². The molecule has 1 amide bonds. The Hall–Kier alpha value is -0.0361. The Balaban J connectivity index is 0.00000392. The van der Waals surface area contributed by atoms with Gasteiger partial charge in [0.15, 0.2) is 0 Å². The van der Waals surface area contributed by atoms with E-state index in [0.717, 1.165) is 0 Å². The van der Waals surface area contributed by atoms with Crippen LogP contribution >= 0.6 is 0 Å². The smallest absolute Gasteiger partial charge is 0.217 e. The first-order valence-electron chi connectivity index (χ1n) is 8.88. The summed E-state index contributed by atoms with van der Waals surface area (Å²) in [6.45, 7) is 2.49. The van der Waals surface area contributed by atoms with Gasteiger partial charge < -0.3 is 44.7 Å². The van der Waals surface area contributed by atoms with Crippen molar-refractivity contribution >= 4 is 12.2 Å². The number of hydrogen-bond acceptors (Lipinski definition) is 9. The van der Waals surface area contributed by atoms with E-state index < -0.39 is 67.4 Å². The van der Waals surface area contributed by atoms with Crippen LogP contribution in [0, 0.1) is 5.92 Å². The maximum absolute atomic E-state index is 11.5. The number of hydrogen-bond donors (Lipinski definition) is 5. The van der Waals surface area contributed by atoms with Crippen molar-refractivity contribution in [3.63, 3.8) is 0 Å². The Morgan fingerprint density at radius 2 is 1.86 bits per heavy atom. The number of methoxy groups -OCH3 is 1. The Morgan fingerprint density at radius 1 is 1.21 bits per heavy atom. The first-order valence-corrected chi connectivity index (χ1v) is 8.88. The van der Waals surface area contributed by atoms with Crippen LogP contribution in [0.5, 0.6) is 0 Å². The zero-order valence-electron chi connectivity index (χ0n) is 16.1. The van der Waals surface area contributed by atoms with Gasteiger partial charge in [0.05, 0.1) is 31.0 Å². The molecular weight excluding hydrogens is 451 g/mol. The summed E-state index contributed by atoms with van der Waals surface area (Å²) in [5.74, 6) is -1.21. The summed E-state index contributed by atoms with van der Waals surface area (Å²) < 4.78 is 16.5. The van der Waals surface area contributed by atoms with E-state index in [9.17, 15) is 30.0 Å². The molecule has 10 nitrogen and oxygen atoms in total. The van der Waals surface area contributed by atoms with Gasteiger partial charge in [-0.1, -0.05) is 0 Å². The average Bonchev–Trinajstić information content (AvgIpc) is 2.63. The number of carbonyl (C=O) groups excluding carboxylic acids is 2. The van der Waals surface area contributed by atoms with E-state index in [1.165, 1.54) is 14.0 Å². The summed E-state index contributed by atoms with van der Waals surface area (Å²) in [4.78, 5) is 22.8. The second-order valence-electron chi connectivity index (χ2n) is 7.06. The Labute approximate surface area is 188 Å². The summed E-state index contributed by atoms with van der Waals surface area (Å²) in [5, 5.41) is 43.2. The largest absolute Gasteiger partial charge is 0.541 e. The van der Waals surface area contributed by atoms with Crippen molar-refractivity contribution in [1.82, 2.24) is 5.32 Å². The number of rotatable bonds is 6. The van der Waals surface area contributed by atoms with Crippen molar-refractivity contribution in [3.05, 3.63) is 0 Å². The molecule has 5 N–H and O–H groups in total. The summed E-state index contributed by atoms with van der Waals surface area (Å²) in [5.41, 5.74) is 0. The van der Waals surface area contributed by atoms with Crippen molar-refractivity contribution < 1.29 is 76.9 Å². The fourth-order valence-electron chi connectivity index (χ4n) is 3.82. The Morgan fingerprint density at radius 3 is 2.36 bits per heavy atom. The topological polar surface area (TPSA) is 155 Å². The summed E-state index contributed by atoms with van der Waals surface area (Å²) >= 11 is 0. The van der Waals surface area contributed by atoms with E-state index in [-0.39, 0.29) is 45.0 Å². The van der Waals surface area contributed by atoms with E-state index in [0.29, 0.717) is 0 Å². The molecule has 28 heavy (non-hydrogen) atoms. The normalized spacial score (nSPS) is 43.7. The SMILES string of the molecule is CO[C@H]1C(O)C(O)[C@@H](O[C@@H]2C(NC(C)=O)[C@H](C)OC(CO)[C@@H]2O)C[C@@H]1[C-]=O.[Y]. The van der Waals surface area contributed by atoms with Crippen LogP contribution in [-0.4, -0.2) is 101 Å². The van der Waals surface area contributed by atoms with E-state index in [1.807, 2.05) is 0 Å². The third-order valence-electron chi connectivity index (χ3n) is 5.22. The maximum Gasteiger partial charge on any atom is 0.217 e. The van der Waals surface area contributed by atoms with E-state index in [1.54, 1.807) is 13.2 Å². The van der Waals surface area contributed by atoms with Crippen LogP contribution < -0.4 is 5.32 Å². The third kappa shape index (κ3) is 5.56. The second kappa shape index (κ2) is 11.4. The Bertz CT molecular complexity index is 525. The Kier molecular flexibility index (Phi) is 10.6. The van der Waals surface area contributed by atoms with Gasteiger partial charge in [-0.2, -0.15) is 0 Å². The predicted molar refractivity (Wildman–Crippen MR) is 90.3 cm³/mol. The van der Waals surface area contributed by atoms with Crippen LogP contribution in [-0.2, 0) is 56.5 Å². The van der Waals surface area contributed by atoms with Gasteiger partial charge in [0.2, 0.25) is 5.91 Å². The molecule has 10 atom stereocenters. The van der Waals surface area contributed by atoms with Crippen LogP contribution in [0.1, 0.15) is 20.3 Å². The minimum atomic E-state index is -1.39. The molecule has 0 aromatic carbocycles. The van der Waals surface area contributed by atoms with Crippen molar-refractivity contribution in [1.29, 1.82) is 0 Å². The molecule has 2 fully saturated rings. The zero-order valence-corrected chi connectivity index (χ0v) is 18.9. The second-order valence-corrected chi connectivity index (χ2v) is 7.06. The minimum absolute atomic E-state index is 0. The maximum atomic E-state index is 11.5. The molecule has 1 aliphatic carbocycles. The molecule has 11 heteroatoms. The average molecular weight is 479 g/mol. The van der Waals surface area contributed by atoms with Crippen molar-refractivity contribution in [3.8, 4) is 0 Å². The molecule has 0 aromatic rings. The van der Waals surface area contributed by atoms with Crippen molar-refractivity contribution in [2.24, 2.45) is 5.92 Å². The van der Waals surface area contributed by atoms with Gasteiger partial charge in [-0.05, 0) is 13.3 Å². The van der Waals surface area contributed by atoms with Crippen LogP contribution in [0.3, 0.4) is 0 Å². The molecule has 1 aliphatic heterocycles. The molecule has 0 spiro atoms. The minimum Gasteiger partial charge on any atom is -0.541 e. The number of carbonyl (C=O) groups is 1. The van der Waals surface area contributed by atoms with Gasteiger partial charge in [-0.3, -0.25) is 11.1 Å². The van der Waals surface area contributed by atoms with Gasteiger partial charge in [0, 0.05) is 46.7 Å². The van der Waals surface area contributed by atoms with Gasteiger partial charge in [-0.15, -0.1) is 5.92 Å². The number of aliphatic hydroxyl groups is 4. The van der Waals surface area contributed by atoms with Gasteiger partial charge in [0.1, 0.15) is 30.5 Å². The van der Waals surface area contributed by atoms with Crippen LogP contribution in [0.25, 0.3) is 0 Å². The number of nitrogens with one attached hydrogen (secondary N) is 1.